The van der Waals surface area contributed by atoms with E-state index >= 15 is 4.39 Å². The van der Waals surface area contributed by atoms with Crippen molar-refractivity contribution in [3.63, 3.8) is 0 Å². The number of anilines is 2. The molecule has 0 radical (unpaired) electrons. The van der Waals surface area contributed by atoms with E-state index in [4.69, 9.17) is 0 Å². The van der Waals surface area contributed by atoms with E-state index in [1.807, 2.05) is 13.0 Å². The van der Waals surface area contributed by atoms with Gasteiger partial charge in [-0.05, 0) is 43.9 Å². The van der Waals surface area contributed by atoms with Crippen LogP contribution in [0.1, 0.15) is 48.5 Å². The highest BCUT2D eigenvalue weighted by Gasteiger charge is 2.25. The highest BCUT2D eigenvalue weighted by atomic mass is 32.2. The molecule has 0 amide bonds. The van der Waals surface area contributed by atoms with Gasteiger partial charge in [0.1, 0.15) is 11.5 Å². The Balaban J connectivity index is 1.70. The van der Waals surface area contributed by atoms with Gasteiger partial charge in [-0.1, -0.05) is 18.9 Å². The third-order valence-electron chi connectivity index (χ3n) is 5.29. The number of hydrogen-bond acceptors (Lipinski definition) is 5. The van der Waals surface area contributed by atoms with Crippen LogP contribution in [-0.2, 0) is 0 Å². The Hall–Kier alpha value is -2.61. The number of H-pyrrole nitrogens is 1. The van der Waals surface area contributed by atoms with Crippen molar-refractivity contribution < 1.29 is 13.6 Å². The van der Waals surface area contributed by atoms with Crippen LogP contribution in [0, 0.1) is 11.6 Å². The second-order valence-corrected chi connectivity index (χ2v) is 8.30. The fraction of sp³-hybridized carbons (Fsp3) is 0.364. The minimum atomic E-state index is -0.877. The van der Waals surface area contributed by atoms with E-state index in [1.165, 1.54) is 30.6 Å². The molecule has 2 N–H and O–H groups in total. The summed E-state index contributed by atoms with van der Waals surface area (Å²) in [4.78, 5) is 22.7. The van der Waals surface area contributed by atoms with Gasteiger partial charge in [0.05, 0.1) is 23.1 Å². The number of carbonyl (C=O) groups excluding carboxylic acids is 1. The van der Waals surface area contributed by atoms with Crippen molar-refractivity contribution >= 4 is 40.1 Å². The Labute approximate surface area is 178 Å². The molecule has 30 heavy (non-hydrogen) atoms. The van der Waals surface area contributed by atoms with E-state index in [9.17, 15) is 9.18 Å². The summed E-state index contributed by atoms with van der Waals surface area (Å²) in [5, 5.41) is 0.570. The molecule has 5 nitrogen and oxygen atoms in total. The minimum absolute atomic E-state index is 0.102. The van der Waals surface area contributed by atoms with Crippen molar-refractivity contribution in [2.75, 3.05) is 28.5 Å². The van der Waals surface area contributed by atoms with E-state index in [1.54, 1.807) is 6.20 Å². The topological polar surface area (TPSA) is 61.0 Å². The minimum Gasteiger partial charge on any atom is -0.370 e. The van der Waals surface area contributed by atoms with Crippen molar-refractivity contribution in [3.8, 4) is 0 Å². The SMILES string of the molecule is CCCSNc1ccc(F)c(C(=O)c2c[nH]c3ncc(N4CCCCC4)cc23)c1F. The first-order chi connectivity index (χ1) is 14.6. The van der Waals surface area contributed by atoms with Gasteiger partial charge in [0.25, 0.3) is 0 Å². The van der Waals surface area contributed by atoms with Crippen LogP contribution in [0.4, 0.5) is 20.2 Å². The van der Waals surface area contributed by atoms with Crippen molar-refractivity contribution in [1.82, 2.24) is 9.97 Å². The van der Waals surface area contributed by atoms with Gasteiger partial charge >= 0.3 is 0 Å². The maximum absolute atomic E-state index is 15.0. The summed E-state index contributed by atoms with van der Waals surface area (Å²) in [6.45, 7) is 3.88. The molecule has 4 rings (SSSR count). The summed E-state index contributed by atoms with van der Waals surface area (Å²) in [6.07, 6.45) is 7.60. The number of benzene rings is 1. The molecule has 1 aliphatic rings. The maximum Gasteiger partial charge on any atom is 0.201 e. The van der Waals surface area contributed by atoms with Crippen molar-refractivity contribution in [2.24, 2.45) is 0 Å². The first-order valence-electron chi connectivity index (χ1n) is 10.2. The Bertz CT molecular complexity index is 1060. The Morgan fingerprint density at radius 2 is 2.07 bits per heavy atom. The van der Waals surface area contributed by atoms with E-state index in [0.717, 1.165) is 49.9 Å². The van der Waals surface area contributed by atoms with E-state index < -0.39 is 23.0 Å². The first kappa shape index (κ1) is 20.7. The average molecular weight is 431 g/mol. The number of ketones is 1. The van der Waals surface area contributed by atoms with E-state index in [2.05, 4.69) is 19.6 Å². The number of carbonyl (C=O) groups is 1. The van der Waals surface area contributed by atoms with Crippen LogP contribution in [0.15, 0.2) is 30.6 Å². The zero-order valence-electron chi connectivity index (χ0n) is 16.8. The molecule has 8 heteroatoms. The van der Waals surface area contributed by atoms with Gasteiger partial charge in [0.15, 0.2) is 5.82 Å². The van der Waals surface area contributed by atoms with Crippen molar-refractivity contribution in [1.29, 1.82) is 0 Å². The second kappa shape index (κ2) is 9.04. The number of halogens is 2. The van der Waals surface area contributed by atoms with Gasteiger partial charge in [0.2, 0.25) is 5.78 Å². The largest absolute Gasteiger partial charge is 0.370 e. The molecule has 3 aromatic rings. The number of nitrogens with zero attached hydrogens (tertiary/aromatic N) is 2. The molecule has 0 spiro atoms. The molecule has 0 saturated carbocycles. The summed E-state index contributed by atoms with van der Waals surface area (Å²) in [6, 6.07) is 4.32. The summed E-state index contributed by atoms with van der Waals surface area (Å²) in [5.74, 6) is -1.68. The maximum atomic E-state index is 15.0. The zero-order chi connectivity index (χ0) is 21.1. The predicted octanol–water partition coefficient (Wildman–Crippen LogP) is 5.53. The van der Waals surface area contributed by atoms with Crippen LogP contribution in [0.25, 0.3) is 11.0 Å². The third-order valence-corrected chi connectivity index (χ3v) is 6.27. The van der Waals surface area contributed by atoms with Gasteiger partial charge in [-0.2, -0.15) is 0 Å². The summed E-state index contributed by atoms with van der Waals surface area (Å²) in [7, 11) is 0. The molecule has 0 atom stereocenters. The smallest absolute Gasteiger partial charge is 0.201 e. The lowest BCUT2D eigenvalue weighted by atomic mass is 10.0. The fourth-order valence-electron chi connectivity index (χ4n) is 3.71. The van der Waals surface area contributed by atoms with Gasteiger partial charge in [-0.25, -0.2) is 13.8 Å². The monoisotopic (exact) mass is 430 g/mol. The van der Waals surface area contributed by atoms with Crippen LogP contribution >= 0.6 is 11.9 Å². The molecule has 0 aliphatic carbocycles. The number of rotatable bonds is 7. The zero-order valence-corrected chi connectivity index (χ0v) is 17.6. The number of aromatic amines is 1. The van der Waals surface area contributed by atoms with Gasteiger partial charge in [-0.15, -0.1) is 0 Å². The molecular weight excluding hydrogens is 406 g/mol. The van der Waals surface area contributed by atoms with E-state index in [-0.39, 0.29) is 11.3 Å². The summed E-state index contributed by atoms with van der Waals surface area (Å²) < 4.78 is 32.4. The lowest BCUT2D eigenvalue weighted by molar-refractivity contribution is 0.103. The van der Waals surface area contributed by atoms with Crippen molar-refractivity contribution in [3.05, 3.63) is 53.4 Å². The quantitative estimate of drug-likeness (QED) is 0.293. The Morgan fingerprint density at radius 3 is 2.83 bits per heavy atom. The number of aromatic nitrogens is 2. The highest BCUT2D eigenvalue weighted by Crippen LogP contribution is 2.30. The number of pyridine rings is 1. The number of nitrogens with one attached hydrogen (secondary N) is 2. The predicted molar refractivity (Wildman–Crippen MR) is 118 cm³/mol. The van der Waals surface area contributed by atoms with Gasteiger partial charge in [-0.3, -0.25) is 4.79 Å². The lowest BCUT2D eigenvalue weighted by Gasteiger charge is -2.28. The molecule has 1 aromatic carbocycles. The van der Waals surface area contributed by atoms with Gasteiger partial charge in [0, 0.05) is 36.0 Å². The molecule has 0 unspecified atom stereocenters. The molecule has 1 fully saturated rings. The molecule has 1 aliphatic heterocycles. The Kier molecular flexibility index (Phi) is 6.22. The molecule has 158 valence electrons. The lowest BCUT2D eigenvalue weighted by Crippen LogP contribution is -2.29. The number of fused-ring (bicyclic) bond motifs is 1. The number of hydrogen-bond donors (Lipinski definition) is 2. The molecule has 2 aromatic heterocycles. The third kappa shape index (κ3) is 4.01. The Morgan fingerprint density at radius 1 is 1.27 bits per heavy atom. The summed E-state index contributed by atoms with van der Waals surface area (Å²) >= 11 is 1.32. The van der Waals surface area contributed by atoms with Crippen LogP contribution in [0.2, 0.25) is 0 Å². The standard InChI is InChI=1S/C22H24F2N4OS/c1-2-10-30-27-18-7-6-17(23)19(20(18)24)21(29)16-13-26-22-15(16)11-14(12-25-22)28-8-4-3-5-9-28/h6-7,11-13,27H,2-5,8-10H2,1H3,(H,25,26). The highest BCUT2D eigenvalue weighted by molar-refractivity contribution is 8.00. The van der Waals surface area contributed by atoms with Crippen LogP contribution in [-0.4, -0.2) is 34.6 Å². The van der Waals surface area contributed by atoms with Crippen LogP contribution in [0.5, 0.6) is 0 Å². The number of piperidine rings is 1. The normalized spacial score (nSPS) is 14.3. The molecule has 3 heterocycles. The second-order valence-electron chi connectivity index (χ2n) is 7.40. The van der Waals surface area contributed by atoms with Crippen LogP contribution in [0.3, 0.4) is 0 Å². The van der Waals surface area contributed by atoms with Crippen molar-refractivity contribution in [2.45, 2.75) is 32.6 Å². The average Bonchev–Trinajstić information content (AvgIpc) is 3.19. The first-order valence-corrected chi connectivity index (χ1v) is 11.2. The molecular formula is C22H24F2N4OS. The molecule has 0 bridgehead atoms. The van der Waals surface area contributed by atoms with Crippen LogP contribution < -0.4 is 9.62 Å². The van der Waals surface area contributed by atoms with E-state index in [0.29, 0.717) is 11.0 Å². The molecule has 1 saturated heterocycles. The van der Waals surface area contributed by atoms with Gasteiger partial charge < -0.3 is 14.6 Å². The summed E-state index contributed by atoms with van der Waals surface area (Å²) in [5.41, 5.74) is 1.20. The fourth-order valence-corrected chi connectivity index (χ4v) is 4.33.